The second-order valence-electron chi connectivity index (χ2n) is 4.63. The van der Waals surface area contributed by atoms with Crippen molar-refractivity contribution in [2.75, 3.05) is 11.9 Å². The topological polar surface area (TPSA) is 20.3 Å². The van der Waals surface area contributed by atoms with Crippen molar-refractivity contribution in [1.29, 1.82) is 0 Å². The first-order valence-electron chi connectivity index (χ1n) is 6.26. The van der Waals surface area contributed by atoms with E-state index < -0.39 is 0 Å². The van der Waals surface area contributed by atoms with E-state index in [1.54, 1.807) is 36.4 Å². The predicted molar refractivity (Wildman–Crippen MR) is 80.1 cm³/mol. The zero-order chi connectivity index (χ0) is 14.7. The Kier molecular flexibility index (Phi) is 4.40. The Bertz CT molecular complexity index is 630. The predicted octanol–water partition coefficient (Wildman–Crippen LogP) is 4.49. The Morgan fingerprint density at radius 2 is 1.95 bits per heavy atom. The molecule has 0 saturated carbocycles. The average molecular weight is 292 g/mol. The van der Waals surface area contributed by atoms with Gasteiger partial charge in [-0.25, -0.2) is 4.39 Å². The second kappa shape index (κ2) is 6.06. The molecule has 0 saturated heterocycles. The Balaban J connectivity index is 2.39. The molecule has 2 nitrogen and oxygen atoms in total. The van der Waals surface area contributed by atoms with Gasteiger partial charge in [0.2, 0.25) is 0 Å². The first-order valence-corrected chi connectivity index (χ1v) is 6.64. The normalized spacial score (nSPS) is 12.0. The molecule has 4 heteroatoms. The van der Waals surface area contributed by atoms with Gasteiger partial charge in [-0.3, -0.25) is 4.79 Å². The van der Waals surface area contributed by atoms with E-state index in [2.05, 4.69) is 0 Å². The summed E-state index contributed by atoms with van der Waals surface area (Å²) in [6.45, 7) is 1.89. The zero-order valence-corrected chi connectivity index (χ0v) is 12.1. The molecule has 1 atom stereocenters. The van der Waals surface area contributed by atoms with E-state index >= 15 is 0 Å². The molecule has 0 aliphatic heterocycles. The van der Waals surface area contributed by atoms with Crippen LogP contribution in [0.15, 0.2) is 42.5 Å². The summed E-state index contributed by atoms with van der Waals surface area (Å²) in [5.41, 5.74) is 1.80. The number of hydrogen-bond donors (Lipinski definition) is 0. The van der Waals surface area contributed by atoms with Crippen molar-refractivity contribution in [1.82, 2.24) is 0 Å². The third-order valence-electron chi connectivity index (χ3n) is 3.43. The first-order chi connectivity index (χ1) is 9.54. The molecule has 0 bridgehead atoms. The van der Waals surface area contributed by atoms with E-state index in [1.165, 1.54) is 6.07 Å². The molecule has 0 aromatic heterocycles. The minimum absolute atomic E-state index is 0.198. The van der Waals surface area contributed by atoms with Crippen molar-refractivity contribution in [3.63, 3.8) is 0 Å². The van der Waals surface area contributed by atoms with Gasteiger partial charge in [0.25, 0.3) is 0 Å². The van der Waals surface area contributed by atoms with E-state index in [0.29, 0.717) is 16.1 Å². The third kappa shape index (κ3) is 2.83. The van der Waals surface area contributed by atoms with Gasteiger partial charge >= 0.3 is 0 Å². The van der Waals surface area contributed by atoms with Crippen LogP contribution in [-0.4, -0.2) is 13.3 Å². The summed E-state index contributed by atoms with van der Waals surface area (Å²) in [4.78, 5) is 13.0. The van der Waals surface area contributed by atoms with Gasteiger partial charge in [0.05, 0.1) is 6.04 Å². The number of aldehydes is 1. The number of nitrogens with zero attached hydrogens (tertiary/aromatic N) is 1. The highest BCUT2D eigenvalue weighted by Gasteiger charge is 2.18. The van der Waals surface area contributed by atoms with Crippen LogP contribution in [0, 0.1) is 5.82 Å². The summed E-state index contributed by atoms with van der Waals surface area (Å²) in [5, 5.41) is 0.503. The summed E-state index contributed by atoms with van der Waals surface area (Å²) >= 11 is 5.88. The fourth-order valence-electron chi connectivity index (χ4n) is 2.17. The number of anilines is 1. The molecule has 0 aliphatic carbocycles. The molecular formula is C16H15ClFNO. The lowest BCUT2D eigenvalue weighted by molar-refractivity contribution is 0.112. The number of carbonyl (C=O) groups excluding carboxylic acids is 1. The minimum Gasteiger partial charge on any atom is -0.367 e. The monoisotopic (exact) mass is 291 g/mol. The number of rotatable bonds is 4. The molecule has 0 aliphatic rings. The molecular weight excluding hydrogens is 277 g/mol. The van der Waals surface area contributed by atoms with Crippen molar-refractivity contribution in [2.45, 2.75) is 13.0 Å². The smallest absolute Gasteiger partial charge is 0.152 e. The Hall–Kier alpha value is -1.87. The van der Waals surface area contributed by atoms with E-state index in [-0.39, 0.29) is 11.9 Å². The molecule has 0 N–H and O–H groups in total. The minimum atomic E-state index is -0.256. The van der Waals surface area contributed by atoms with E-state index in [0.717, 1.165) is 12.0 Å². The molecule has 1 unspecified atom stereocenters. The van der Waals surface area contributed by atoms with Crippen LogP contribution in [0.2, 0.25) is 5.02 Å². The van der Waals surface area contributed by atoms with Gasteiger partial charge in [0.15, 0.2) is 6.29 Å². The van der Waals surface area contributed by atoms with Gasteiger partial charge in [-0.1, -0.05) is 29.8 Å². The lowest BCUT2D eigenvalue weighted by atomic mass is 10.0. The highest BCUT2D eigenvalue weighted by molar-refractivity contribution is 6.31. The largest absolute Gasteiger partial charge is 0.367 e. The standard InChI is InChI=1S/C16H15ClFNO/c1-11(14-5-3-4-6-15(14)18)19(2)16-8-7-13(17)9-12(16)10-20/h3-11H,1-2H3. The van der Waals surface area contributed by atoms with Crippen LogP contribution in [0.3, 0.4) is 0 Å². The van der Waals surface area contributed by atoms with Gasteiger partial charge in [0, 0.05) is 28.9 Å². The summed E-state index contributed by atoms with van der Waals surface area (Å²) in [5.74, 6) is -0.256. The quantitative estimate of drug-likeness (QED) is 0.774. The zero-order valence-electron chi connectivity index (χ0n) is 11.3. The fraction of sp³-hybridized carbons (Fsp3) is 0.188. The molecule has 2 aromatic carbocycles. The van der Waals surface area contributed by atoms with Crippen molar-refractivity contribution < 1.29 is 9.18 Å². The van der Waals surface area contributed by atoms with Crippen molar-refractivity contribution >= 4 is 23.6 Å². The van der Waals surface area contributed by atoms with Crippen LogP contribution in [0.1, 0.15) is 28.9 Å². The van der Waals surface area contributed by atoms with Gasteiger partial charge in [0.1, 0.15) is 5.82 Å². The summed E-state index contributed by atoms with van der Waals surface area (Å²) in [7, 11) is 1.83. The highest BCUT2D eigenvalue weighted by atomic mass is 35.5. The maximum Gasteiger partial charge on any atom is 0.152 e. The molecule has 20 heavy (non-hydrogen) atoms. The molecule has 104 valence electrons. The maximum absolute atomic E-state index is 13.8. The van der Waals surface area contributed by atoms with Crippen LogP contribution >= 0.6 is 11.6 Å². The average Bonchev–Trinajstić information content (AvgIpc) is 2.46. The molecule has 2 rings (SSSR count). The first kappa shape index (κ1) is 14.5. The molecule has 0 fully saturated rings. The number of halogens is 2. The van der Waals surface area contributed by atoms with E-state index in [9.17, 15) is 9.18 Å². The lowest BCUT2D eigenvalue weighted by Gasteiger charge is -2.28. The van der Waals surface area contributed by atoms with Gasteiger partial charge in [-0.15, -0.1) is 0 Å². The van der Waals surface area contributed by atoms with Crippen molar-refractivity contribution in [3.05, 3.63) is 64.4 Å². The lowest BCUT2D eigenvalue weighted by Crippen LogP contribution is -2.23. The summed E-state index contributed by atoms with van der Waals surface area (Å²) in [6.07, 6.45) is 0.756. The van der Waals surface area contributed by atoms with Crippen molar-refractivity contribution in [2.24, 2.45) is 0 Å². The SMILES string of the molecule is CC(c1ccccc1F)N(C)c1ccc(Cl)cc1C=O. The molecule has 0 radical (unpaired) electrons. The molecule has 2 aromatic rings. The Morgan fingerprint density at radius 1 is 1.25 bits per heavy atom. The number of benzene rings is 2. The molecule has 0 amide bonds. The third-order valence-corrected chi connectivity index (χ3v) is 3.67. The molecule has 0 spiro atoms. The summed E-state index contributed by atoms with van der Waals surface area (Å²) in [6, 6.07) is 11.5. The fourth-order valence-corrected chi connectivity index (χ4v) is 2.35. The van der Waals surface area contributed by atoms with Crippen LogP contribution < -0.4 is 4.90 Å². The number of hydrogen-bond acceptors (Lipinski definition) is 2. The van der Waals surface area contributed by atoms with Crippen LogP contribution in [0.5, 0.6) is 0 Å². The Labute approximate surface area is 122 Å². The van der Waals surface area contributed by atoms with Gasteiger partial charge in [-0.05, 0) is 31.2 Å². The highest BCUT2D eigenvalue weighted by Crippen LogP contribution is 2.30. The van der Waals surface area contributed by atoms with Crippen LogP contribution in [0.4, 0.5) is 10.1 Å². The van der Waals surface area contributed by atoms with Crippen LogP contribution in [0.25, 0.3) is 0 Å². The summed E-state index contributed by atoms with van der Waals surface area (Å²) < 4.78 is 13.8. The van der Waals surface area contributed by atoms with Gasteiger partial charge in [-0.2, -0.15) is 0 Å². The maximum atomic E-state index is 13.8. The van der Waals surface area contributed by atoms with E-state index in [1.807, 2.05) is 18.9 Å². The van der Waals surface area contributed by atoms with E-state index in [4.69, 9.17) is 11.6 Å². The number of carbonyl (C=O) groups is 1. The van der Waals surface area contributed by atoms with Crippen LogP contribution in [-0.2, 0) is 0 Å². The molecule has 0 heterocycles. The van der Waals surface area contributed by atoms with Gasteiger partial charge < -0.3 is 4.90 Å². The Morgan fingerprint density at radius 3 is 2.60 bits per heavy atom. The van der Waals surface area contributed by atoms with Crippen molar-refractivity contribution in [3.8, 4) is 0 Å². The second-order valence-corrected chi connectivity index (χ2v) is 5.07.